The lowest BCUT2D eigenvalue weighted by Crippen LogP contribution is -2.26. The molecule has 0 bridgehead atoms. The van der Waals surface area contributed by atoms with E-state index in [-0.39, 0.29) is 0 Å². The van der Waals surface area contributed by atoms with Crippen molar-refractivity contribution < 1.29 is 4.42 Å². The second kappa shape index (κ2) is 16.1. The predicted octanol–water partition coefficient (Wildman–Crippen LogP) is 19.9. The zero-order valence-corrected chi connectivity index (χ0v) is 40.8. The van der Waals surface area contributed by atoms with E-state index >= 15 is 0 Å². The van der Waals surface area contributed by atoms with Crippen molar-refractivity contribution in [3.63, 3.8) is 0 Å². The van der Waals surface area contributed by atoms with Crippen LogP contribution in [0.3, 0.4) is 0 Å². The second-order valence-electron chi connectivity index (χ2n) is 20.3. The van der Waals surface area contributed by atoms with Crippen LogP contribution in [0.4, 0.5) is 17.1 Å². The molecule has 2 nitrogen and oxygen atoms in total. The van der Waals surface area contributed by atoms with Crippen molar-refractivity contribution in [2.45, 2.75) is 5.41 Å². The van der Waals surface area contributed by atoms with E-state index in [4.69, 9.17) is 4.42 Å². The minimum Gasteiger partial charge on any atom is -0.456 e. The molecule has 0 saturated heterocycles. The molecule has 1 spiro atoms. The minimum atomic E-state index is -0.545. The molecule has 0 aliphatic heterocycles. The van der Waals surface area contributed by atoms with Gasteiger partial charge in [0.15, 0.2) is 0 Å². The molecule has 0 N–H and O–H groups in total. The van der Waals surface area contributed by atoms with Crippen molar-refractivity contribution in [2.24, 2.45) is 0 Å². The molecule has 14 aromatic rings. The van der Waals surface area contributed by atoms with Crippen molar-refractivity contribution in [1.82, 2.24) is 0 Å². The SMILES string of the molecule is c1ccc(-c2ccc(-c3ccc(N(c4ccc5c6ccccc6c6ccccc6c5c4)c4cc5c(cc4-c4ccc6oc7ccccc7c6c4)-c4ccccc4C54c5ccccc5-c5ccccc54)cc3)cc2)cc1. The molecular formula is C73H45NO. The summed E-state index contributed by atoms with van der Waals surface area (Å²) in [5.41, 5.74) is 21.8. The third kappa shape index (κ3) is 6.08. The molecule has 0 atom stereocenters. The van der Waals surface area contributed by atoms with Crippen LogP contribution < -0.4 is 4.90 Å². The van der Waals surface area contributed by atoms with E-state index in [0.29, 0.717) is 0 Å². The number of rotatable bonds is 6. The number of fused-ring (bicyclic) bond motifs is 19. The summed E-state index contributed by atoms with van der Waals surface area (Å²) in [4.78, 5) is 2.53. The zero-order valence-electron chi connectivity index (χ0n) is 40.8. The van der Waals surface area contributed by atoms with Gasteiger partial charge in [-0.3, -0.25) is 0 Å². The van der Waals surface area contributed by atoms with Gasteiger partial charge in [-0.05, 0) is 159 Å². The molecule has 13 aromatic carbocycles. The summed E-state index contributed by atoms with van der Waals surface area (Å²) in [5.74, 6) is 0. The molecule has 0 amide bonds. The van der Waals surface area contributed by atoms with Gasteiger partial charge in [-0.2, -0.15) is 0 Å². The Balaban J connectivity index is 0.993. The molecule has 1 heterocycles. The lowest BCUT2D eigenvalue weighted by atomic mass is 9.70. The van der Waals surface area contributed by atoms with Gasteiger partial charge in [0.1, 0.15) is 11.2 Å². The third-order valence-corrected chi connectivity index (χ3v) is 16.5. The Kier molecular flexibility index (Phi) is 8.99. The Bertz CT molecular complexity index is 4560. The van der Waals surface area contributed by atoms with E-state index in [1.165, 1.54) is 93.5 Å². The van der Waals surface area contributed by atoms with E-state index in [2.05, 4.69) is 278 Å². The van der Waals surface area contributed by atoms with Crippen molar-refractivity contribution in [3.05, 3.63) is 295 Å². The Hall–Kier alpha value is -9.76. The molecule has 2 heteroatoms. The average Bonchev–Trinajstić information content (AvgIpc) is 4.26. The van der Waals surface area contributed by atoms with Gasteiger partial charge in [-0.1, -0.05) is 218 Å². The smallest absolute Gasteiger partial charge is 0.135 e. The number of benzene rings is 13. The van der Waals surface area contributed by atoms with Crippen molar-refractivity contribution >= 4 is 71.3 Å². The maximum absolute atomic E-state index is 6.48. The van der Waals surface area contributed by atoms with Crippen LogP contribution in [0.15, 0.2) is 277 Å². The lowest BCUT2D eigenvalue weighted by molar-refractivity contribution is 0.669. The third-order valence-electron chi connectivity index (χ3n) is 16.5. The monoisotopic (exact) mass is 951 g/mol. The van der Waals surface area contributed by atoms with Crippen LogP contribution in [0.1, 0.15) is 22.3 Å². The Morgan fingerprint density at radius 1 is 0.240 bits per heavy atom. The molecule has 75 heavy (non-hydrogen) atoms. The summed E-state index contributed by atoms with van der Waals surface area (Å²) >= 11 is 0. The highest BCUT2D eigenvalue weighted by atomic mass is 16.3. The van der Waals surface area contributed by atoms with Gasteiger partial charge in [0.25, 0.3) is 0 Å². The van der Waals surface area contributed by atoms with Crippen LogP contribution in [0.5, 0.6) is 0 Å². The highest BCUT2D eigenvalue weighted by molar-refractivity contribution is 6.26. The standard InChI is InChI=1S/C73H45NO/c1-2-16-46(17-3-1)47-30-32-48(33-31-47)49-34-37-51(38-35-49)74(52-39-40-57-55-20-5-4-18-53(55)54-19-6-7-21-56(54)63(57)43-52)70-45-69-64(44-62(70)50-36-41-72-65(42-50)61-25-11-15-29-71(61)75-72)60-24-10-14-28-68(60)73(69)66-26-12-8-22-58(66)59-23-9-13-27-67(59)73/h1-45H. The molecule has 16 rings (SSSR count). The first kappa shape index (κ1) is 41.8. The predicted molar refractivity (Wildman–Crippen MR) is 314 cm³/mol. The highest BCUT2D eigenvalue weighted by Gasteiger charge is 2.52. The normalized spacial score (nSPS) is 12.9. The fourth-order valence-corrected chi connectivity index (χ4v) is 13.2. The lowest BCUT2D eigenvalue weighted by Gasteiger charge is -2.33. The van der Waals surface area contributed by atoms with Gasteiger partial charge < -0.3 is 9.32 Å². The van der Waals surface area contributed by atoms with Gasteiger partial charge in [0, 0.05) is 27.7 Å². The summed E-state index contributed by atoms with van der Waals surface area (Å²) in [5, 5.41) is 9.68. The van der Waals surface area contributed by atoms with Gasteiger partial charge in [-0.15, -0.1) is 0 Å². The molecule has 0 radical (unpaired) electrons. The number of nitrogens with zero attached hydrogens (tertiary/aromatic N) is 1. The van der Waals surface area contributed by atoms with Crippen LogP contribution in [-0.4, -0.2) is 0 Å². The average molecular weight is 952 g/mol. The van der Waals surface area contributed by atoms with Gasteiger partial charge in [0.05, 0.1) is 11.1 Å². The Morgan fingerprint density at radius 3 is 1.29 bits per heavy atom. The first-order valence-corrected chi connectivity index (χ1v) is 26.0. The first-order chi connectivity index (χ1) is 37.2. The number of hydrogen-bond acceptors (Lipinski definition) is 2. The number of para-hydroxylation sites is 1. The van der Waals surface area contributed by atoms with Crippen LogP contribution >= 0.6 is 0 Å². The summed E-state index contributed by atoms with van der Waals surface area (Å²) < 4.78 is 6.48. The second-order valence-corrected chi connectivity index (χ2v) is 20.3. The maximum Gasteiger partial charge on any atom is 0.135 e. The van der Waals surface area contributed by atoms with E-state index < -0.39 is 5.41 Å². The quantitative estimate of drug-likeness (QED) is 0.154. The number of anilines is 3. The van der Waals surface area contributed by atoms with Gasteiger partial charge in [0.2, 0.25) is 0 Å². The van der Waals surface area contributed by atoms with E-state index in [9.17, 15) is 0 Å². The molecule has 0 saturated carbocycles. The minimum absolute atomic E-state index is 0.545. The zero-order chi connectivity index (χ0) is 49.2. The fraction of sp³-hybridized carbons (Fsp3) is 0.0137. The fourth-order valence-electron chi connectivity index (χ4n) is 13.2. The Labute approximate surface area is 434 Å². The highest BCUT2D eigenvalue weighted by Crippen LogP contribution is 2.64. The van der Waals surface area contributed by atoms with Crippen molar-refractivity contribution in [1.29, 1.82) is 0 Å². The van der Waals surface area contributed by atoms with Crippen LogP contribution in [0, 0.1) is 0 Å². The first-order valence-electron chi connectivity index (χ1n) is 26.0. The molecule has 0 unspecified atom stereocenters. The molecular weight excluding hydrogens is 907 g/mol. The maximum atomic E-state index is 6.48. The topological polar surface area (TPSA) is 16.4 Å². The number of furan rings is 1. The van der Waals surface area contributed by atoms with Crippen molar-refractivity contribution in [2.75, 3.05) is 4.90 Å². The van der Waals surface area contributed by atoms with Crippen LogP contribution in [0.2, 0.25) is 0 Å². The van der Waals surface area contributed by atoms with E-state index in [0.717, 1.165) is 55.7 Å². The van der Waals surface area contributed by atoms with Crippen molar-refractivity contribution in [3.8, 4) is 55.6 Å². The summed E-state index contributed by atoms with van der Waals surface area (Å²) in [6.07, 6.45) is 0. The van der Waals surface area contributed by atoms with E-state index in [1.807, 2.05) is 0 Å². The summed E-state index contributed by atoms with van der Waals surface area (Å²) in [6, 6.07) is 101. The van der Waals surface area contributed by atoms with Crippen LogP contribution in [-0.2, 0) is 5.41 Å². The molecule has 0 fully saturated rings. The number of hydrogen-bond donors (Lipinski definition) is 0. The summed E-state index contributed by atoms with van der Waals surface area (Å²) in [6.45, 7) is 0. The summed E-state index contributed by atoms with van der Waals surface area (Å²) in [7, 11) is 0. The van der Waals surface area contributed by atoms with Gasteiger partial charge >= 0.3 is 0 Å². The molecule has 1 aromatic heterocycles. The molecule has 348 valence electrons. The Morgan fingerprint density at radius 2 is 0.680 bits per heavy atom. The molecule has 2 aliphatic rings. The largest absolute Gasteiger partial charge is 0.456 e. The van der Waals surface area contributed by atoms with Gasteiger partial charge in [-0.25, -0.2) is 0 Å². The van der Waals surface area contributed by atoms with E-state index in [1.54, 1.807) is 0 Å². The molecule has 2 aliphatic carbocycles. The van der Waals surface area contributed by atoms with Crippen LogP contribution in [0.25, 0.3) is 110 Å².